The van der Waals surface area contributed by atoms with E-state index < -0.39 is 0 Å². The van der Waals surface area contributed by atoms with Crippen molar-refractivity contribution < 1.29 is 0 Å². The van der Waals surface area contributed by atoms with Gasteiger partial charge >= 0.3 is 0 Å². The van der Waals surface area contributed by atoms with Gasteiger partial charge in [0.2, 0.25) is 0 Å². The van der Waals surface area contributed by atoms with Crippen molar-refractivity contribution in [3.05, 3.63) is 96.1 Å². The number of fused-ring (bicyclic) bond motifs is 1. The van der Waals surface area contributed by atoms with E-state index >= 15 is 0 Å². The molecule has 0 saturated carbocycles. The SMILES string of the molecule is C[C@H]1C[C@@H](Nc2ccccc2)c2ccccc2N1C(=S)c1ccccc1. The second-order valence-electron chi connectivity index (χ2n) is 6.75. The number of rotatable bonds is 3. The minimum atomic E-state index is 0.276. The van der Waals surface area contributed by atoms with Gasteiger partial charge in [-0.1, -0.05) is 78.9 Å². The molecular formula is C23H22N2S. The molecule has 0 radical (unpaired) electrons. The average molecular weight is 359 g/mol. The summed E-state index contributed by atoms with van der Waals surface area (Å²) in [7, 11) is 0. The molecule has 0 bridgehead atoms. The maximum atomic E-state index is 5.87. The normalized spacial score (nSPS) is 18.9. The summed E-state index contributed by atoms with van der Waals surface area (Å²) in [5, 5.41) is 3.70. The predicted molar refractivity (Wildman–Crippen MR) is 114 cm³/mol. The topological polar surface area (TPSA) is 15.3 Å². The summed E-state index contributed by atoms with van der Waals surface area (Å²) in [6.07, 6.45) is 0.999. The molecule has 1 aliphatic rings. The van der Waals surface area contributed by atoms with Crippen molar-refractivity contribution >= 4 is 28.6 Å². The Morgan fingerprint density at radius 3 is 2.23 bits per heavy atom. The molecule has 0 unspecified atom stereocenters. The molecule has 3 aromatic rings. The summed E-state index contributed by atoms with van der Waals surface area (Å²) >= 11 is 5.87. The molecule has 1 aliphatic heterocycles. The molecule has 0 aliphatic carbocycles. The number of anilines is 2. The number of thiocarbonyl (C=S) groups is 1. The lowest BCUT2D eigenvalue weighted by atomic mass is 9.91. The molecule has 2 nitrogen and oxygen atoms in total. The third-order valence-electron chi connectivity index (χ3n) is 4.94. The molecule has 4 rings (SSSR count). The van der Waals surface area contributed by atoms with Crippen molar-refractivity contribution in [2.24, 2.45) is 0 Å². The first-order chi connectivity index (χ1) is 12.7. The van der Waals surface area contributed by atoms with Crippen LogP contribution in [0.15, 0.2) is 84.9 Å². The quantitative estimate of drug-likeness (QED) is 0.594. The second kappa shape index (κ2) is 7.30. The van der Waals surface area contributed by atoms with Crippen molar-refractivity contribution in [3.8, 4) is 0 Å². The molecule has 0 aromatic heterocycles. The summed E-state index contributed by atoms with van der Waals surface area (Å²) in [5.41, 5.74) is 4.75. The van der Waals surface area contributed by atoms with E-state index in [1.807, 2.05) is 24.3 Å². The number of hydrogen-bond acceptors (Lipinski definition) is 2. The number of benzene rings is 3. The van der Waals surface area contributed by atoms with Crippen LogP contribution in [0, 0.1) is 0 Å². The van der Waals surface area contributed by atoms with Gasteiger partial charge in [-0.15, -0.1) is 0 Å². The molecule has 26 heavy (non-hydrogen) atoms. The molecule has 0 fully saturated rings. The molecule has 0 amide bonds. The number of nitrogens with one attached hydrogen (secondary N) is 1. The van der Waals surface area contributed by atoms with Crippen molar-refractivity contribution in [2.75, 3.05) is 10.2 Å². The minimum absolute atomic E-state index is 0.276. The Bertz CT molecular complexity index is 892. The van der Waals surface area contributed by atoms with Gasteiger partial charge in [0.05, 0.1) is 6.04 Å². The smallest absolute Gasteiger partial charge is 0.113 e. The lowest BCUT2D eigenvalue weighted by Crippen LogP contribution is -2.43. The number of nitrogens with zero attached hydrogens (tertiary/aromatic N) is 1. The molecule has 3 aromatic carbocycles. The maximum Gasteiger partial charge on any atom is 0.113 e. The van der Waals surface area contributed by atoms with Crippen LogP contribution in [0.2, 0.25) is 0 Å². The lowest BCUT2D eigenvalue weighted by molar-refractivity contribution is 0.564. The Labute approximate surface area is 160 Å². The Balaban J connectivity index is 1.69. The highest BCUT2D eigenvalue weighted by atomic mass is 32.1. The van der Waals surface area contributed by atoms with Gasteiger partial charge in [0.1, 0.15) is 4.99 Å². The van der Waals surface area contributed by atoms with Crippen LogP contribution in [-0.4, -0.2) is 11.0 Å². The maximum absolute atomic E-state index is 5.87. The third-order valence-corrected chi connectivity index (χ3v) is 5.38. The molecule has 2 atom stereocenters. The zero-order valence-electron chi connectivity index (χ0n) is 14.8. The van der Waals surface area contributed by atoms with Gasteiger partial charge in [-0.2, -0.15) is 0 Å². The van der Waals surface area contributed by atoms with Gasteiger partial charge in [0.15, 0.2) is 0 Å². The molecule has 130 valence electrons. The van der Waals surface area contributed by atoms with E-state index in [2.05, 4.69) is 77.8 Å². The highest BCUT2D eigenvalue weighted by molar-refractivity contribution is 7.81. The van der Waals surface area contributed by atoms with Crippen molar-refractivity contribution in [2.45, 2.75) is 25.4 Å². The number of para-hydroxylation sites is 2. The predicted octanol–water partition coefficient (Wildman–Crippen LogP) is 5.81. The van der Waals surface area contributed by atoms with Crippen LogP contribution in [0.25, 0.3) is 0 Å². The fraction of sp³-hybridized carbons (Fsp3) is 0.174. The van der Waals surface area contributed by atoms with E-state index in [-0.39, 0.29) is 6.04 Å². The Morgan fingerprint density at radius 2 is 1.50 bits per heavy atom. The van der Waals surface area contributed by atoms with Gasteiger partial charge < -0.3 is 10.2 Å². The highest BCUT2D eigenvalue weighted by Gasteiger charge is 2.32. The van der Waals surface area contributed by atoms with Crippen molar-refractivity contribution in [1.29, 1.82) is 0 Å². The monoisotopic (exact) mass is 358 g/mol. The minimum Gasteiger partial charge on any atom is -0.378 e. The summed E-state index contributed by atoms with van der Waals surface area (Å²) in [6, 6.07) is 29.9. The Morgan fingerprint density at radius 1 is 0.885 bits per heavy atom. The van der Waals surface area contributed by atoms with Crippen LogP contribution < -0.4 is 10.2 Å². The summed E-state index contributed by atoms with van der Waals surface area (Å²) in [6.45, 7) is 2.25. The van der Waals surface area contributed by atoms with E-state index in [0.717, 1.165) is 22.7 Å². The van der Waals surface area contributed by atoms with E-state index in [1.165, 1.54) is 11.3 Å². The van der Waals surface area contributed by atoms with Crippen LogP contribution >= 0.6 is 12.2 Å². The van der Waals surface area contributed by atoms with Crippen LogP contribution in [0.4, 0.5) is 11.4 Å². The number of hydrogen-bond donors (Lipinski definition) is 1. The summed E-state index contributed by atoms with van der Waals surface area (Å²) < 4.78 is 0. The van der Waals surface area contributed by atoms with Crippen molar-refractivity contribution in [3.63, 3.8) is 0 Å². The lowest BCUT2D eigenvalue weighted by Gasteiger charge is -2.41. The molecular weight excluding hydrogens is 336 g/mol. The first kappa shape index (κ1) is 16.8. The van der Waals surface area contributed by atoms with Crippen LogP contribution in [-0.2, 0) is 0 Å². The van der Waals surface area contributed by atoms with Gasteiger partial charge in [0, 0.05) is 23.0 Å². The van der Waals surface area contributed by atoms with Crippen LogP contribution in [0.1, 0.15) is 30.5 Å². The van der Waals surface area contributed by atoms with E-state index in [4.69, 9.17) is 12.2 Å². The van der Waals surface area contributed by atoms with Gasteiger partial charge in [0.25, 0.3) is 0 Å². The zero-order valence-corrected chi connectivity index (χ0v) is 15.6. The van der Waals surface area contributed by atoms with Gasteiger partial charge in [-0.3, -0.25) is 0 Å². The third kappa shape index (κ3) is 3.23. The fourth-order valence-corrected chi connectivity index (χ4v) is 4.13. The summed E-state index contributed by atoms with van der Waals surface area (Å²) in [4.78, 5) is 3.20. The molecule has 0 spiro atoms. The highest BCUT2D eigenvalue weighted by Crippen LogP contribution is 2.39. The van der Waals surface area contributed by atoms with E-state index in [1.54, 1.807) is 0 Å². The van der Waals surface area contributed by atoms with Gasteiger partial charge in [-0.25, -0.2) is 0 Å². The summed E-state index contributed by atoms with van der Waals surface area (Å²) in [5.74, 6) is 0. The molecule has 1 N–H and O–H groups in total. The van der Waals surface area contributed by atoms with Crippen LogP contribution in [0.5, 0.6) is 0 Å². The van der Waals surface area contributed by atoms with E-state index in [9.17, 15) is 0 Å². The molecule has 0 saturated heterocycles. The van der Waals surface area contributed by atoms with E-state index in [0.29, 0.717) is 6.04 Å². The first-order valence-corrected chi connectivity index (χ1v) is 9.44. The van der Waals surface area contributed by atoms with Crippen molar-refractivity contribution in [1.82, 2.24) is 0 Å². The zero-order chi connectivity index (χ0) is 17.9. The Hall–Kier alpha value is -2.65. The Kier molecular flexibility index (Phi) is 4.72. The second-order valence-corrected chi connectivity index (χ2v) is 7.13. The van der Waals surface area contributed by atoms with Crippen LogP contribution in [0.3, 0.4) is 0 Å². The largest absolute Gasteiger partial charge is 0.378 e. The first-order valence-electron chi connectivity index (χ1n) is 9.03. The molecule has 1 heterocycles. The average Bonchev–Trinajstić information content (AvgIpc) is 2.69. The fourth-order valence-electron chi connectivity index (χ4n) is 3.71. The molecule has 3 heteroatoms. The van der Waals surface area contributed by atoms with Gasteiger partial charge in [-0.05, 0) is 37.1 Å². The standard InChI is InChI=1S/C23H22N2S/c1-17-16-21(24-19-12-6-3-7-13-19)20-14-8-9-15-22(20)25(17)23(26)18-10-4-2-5-11-18/h2-15,17,21,24H,16H2,1H3/t17-,21+/m0/s1.